The van der Waals surface area contributed by atoms with E-state index in [2.05, 4.69) is 45.7 Å². The zero-order valence-corrected chi connectivity index (χ0v) is 16.0. The zero-order valence-electron chi connectivity index (χ0n) is 15.2. The van der Waals surface area contributed by atoms with Crippen LogP contribution in [0.2, 0.25) is 0 Å². The van der Waals surface area contributed by atoms with Gasteiger partial charge in [0.15, 0.2) is 0 Å². The number of ether oxygens (including phenoxy) is 1. The lowest BCUT2D eigenvalue weighted by Crippen LogP contribution is -2.46. The lowest BCUT2D eigenvalue weighted by molar-refractivity contribution is 0.0201. The number of fused-ring (bicyclic) bond motifs is 1. The molecule has 0 saturated heterocycles. The summed E-state index contributed by atoms with van der Waals surface area (Å²) in [5, 5.41) is 2.82. The zero-order chi connectivity index (χ0) is 16.6. The largest absolute Gasteiger partial charge is 0.466 e. The molecule has 3 heteroatoms. The molecule has 2 nitrogen and oxygen atoms in total. The number of hydrogen-bond acceptors (Lipinski definition) is 3. The molecular formula is C20H31NOS. The molecule has 128 valence electrons. The summed E-state index contributed by atoms with van der Waals surface area (Å²) in [5.74, 6) is 3.12. The van der Waals surface area contributed by atoms with Crippen LogP contribution in [0.15, 0.2) is 23.2 Å². The van der Waals surface area contributed by atoms with Gasteiger partial charge in [-0.3, -0.25) is 0 Å². The summed E-state index contributed by atoms with van der Waals surface area (Å²) in [7, 11) is 0. The van der Waals surface area contributed by atoms with Gasteiger partial charge < -0.3 is 4.74 Å². The Bertz CT molecular complexity index is 548. The first-order valence-corrected chi connectivity index (χ1v) is 10.1. The average molecular weight is 334 g/mol. The van der Waals surface area contributed by atoms with Gasteiger partial charge in [0.1, 0.15) is 6.10 Å². The van der Waals surface area contributed by atoms with Crippen molar-refractivity contribution in [3.05, 3.63) is 23.2 Å². The molecule has 1 heterocycles. The number of aromatic nitrogens is 1. The van der Waals surface area contributed by atoms with E-state index in [1.807, 2.05) is 11.6 Å². The van der Waals surface area contributed by atoms with E-state index in [4.69, 9.17) is 4.74 Å². The van der Waals surface area contributed by atoms with Crippen molar-refractivity contribution in [3.63, 3.8) is 0 Å². The molecule has 1 fully saturated rings. The molecule has 0 spiro atoms. The maximum Gasteiger partial charge on any atom is 0.273 e. The molecule has 23 heavy (non-hydrogen) atoms. The highest BCUT2D eigenvalue weighted by Gasteiger charge is 2.48. The molecule has 0 radical (unpaired) electrons. The quantitative estimate of drug-likeness (QED) is 0.635. The molecule has 0 bridgehead atoms. The van der Waals surface area contributed by atoms with Crippen LogP contribution in [0.1, 0.15) is 60.3 Å². The summed E-state index contributed by atoms with van der Waals surface area (Å²) >= 11 is 1.60. The van der Waals surface area contributed by atoms with Gasteiger partial charge in [0, 0.05) is 18.0 Å². The van der Waals surface area contributed by atoms with E-state index < -0.39 is 0 Å². The lowest BCUT2D eigenvalue weighted by Gasteiger charge is -2.53. The van der Waals surface area contributed by atoms with E-state index in [1.165, 1.54) is 12.8 Å². The van der Waals surface area contributed by atoms with Crippen LogP contribution >= 0.6 is 11.3 Å². The fourth-order valence-electron chi connectivity index (χ4n) is 5.23. The van der Waals surface area contributed by atoms with E-state index in [-0.39, 0.29) is 0 Å². The number of hydrogen-bond donors (Lipinski definition) is 0. The van der Waals surface area contributed by atoms with E-state index >= 15 is 0 Å². The van der Waals surface area contributed by atoms with Crippen LogP contribution in [0.5, 0.6) is 5.19 Å². The molecule has 3 rings (SSSR count). The second-order valence-electron chi connectivity index (χ2n) is 8.34. The van der Waals surface area contributed by atoms with Gasteiger partial charge in [-0.1, -0.05) is 57.6 Å². The number of thiazole rings is 1. The van der Waals surface area contributed by atoms with Gasteiger partial charge in [-0.2, -0.15) is 0 Å². The van der Waals surface area contributed by atoms with Crippen LogP contribution in [0.4, 0.5) is 0 Å². The molecule has 0 aromatic carbocycles. The lowest BCUT2D eigenvalue weighted by atomic mass is 9.52. The molecule has 0 amide bonds. The molecule has 2 aliphatic carbocycles. The second-order valence-corrected chi connectivity index (χ2v) is 9.20. The Morgan fingerprint density at radius 3 is 2.65 bits per heavy atom. The van der Waals surface area contributed by atoms with Crippen LogP contribution in [-0.2, 0) is 0 Å². The fourth-order valence-corrected chi connectivity index (χ4v) is 5.78. The van der Waals surface area contributed by atoms with Gasteiger partial charge in [-0.15, -0.1) is 0 Å². The summed E-state index contributed by atoms with van der Waals surface area (Å²) in [6.07, 6.45) is 9.43. The normalized spacial score (nSPS) is 34.4. The summed E-state index contributed by atoms with van der Waals surface area (Å²) < 4.78 is 6.13. The number of nitrogens with zero attached hydrogens (tertiary/aromatic N) is 1. The van der Waals surface area contributed by atoms with Crippen LogP contribution in [0.3, 0.4) is 0 Å². The Morgan fingerprint density at radius 1 is 1.26 bits per heavy atom. The summed E-state index contributed by atoms with van der Waals surface area (Å²) in [4.78, 5) is 4.29. The highest BCUT2D eigenvalue weighted by Crippen LogP contribution is 2.56. The Morgan fingerprint density at radius 2 is 2.04 bits per heavy atom. The standard InChI is InChI=1S/C20H31NOS/c1-13(2)17-7-6-15-12-16(22-19-21-10-11-23-19)8-9-20(15,5)18(17)14(3)4/h6,10-11,13-14,16-18H,7-9,12H2,1-5H3/t16-,17?,18?,20-/m0/s1. The van der Waals surface area contributed by atoms with Crippen molar-refractivity contribution >= 4 is 11.3 Å². The molecule has 0 N–H and O–H groups in total. The third kappa shape index (κ3) is 3.22. The minimum atomic E-state index is 0.309. The minimum Gasteiger partial charge on any atom is -0.466 e. The molecule has 1 aromatic rings. The molecular weight excluding hydrogens is 302 g/mol. The molecule has 0 aliphatic heterocycles. The van der Waals surface area contributed by atoms with E-state index in [9.17, 15) is 0 Å². The van der Waals surface area contributed by atoms with Crippen molar-refractivity contribution in [2.75, 3.05) is 0 Å². The van der Waals surface area contributed by atoms with E-state index in [0.717, 1.165) is 41.7 Å². The van der Waals surface area contributed by atoms with Crippen molar-refractivity contribution < 1.29 is 4.74 Å². The van der Waals surface area contributed by atoms with Crippen LogP contribution in [0, 0.1) is 29.1 Å². The molecule has 2 unspecified atom stereocenters. The summed E-state index contributed by atoms with van der Waals surface area (Å²) in [5.41, 5.74) is 2.02. The maximum absolute atomic E-state index is 6.13. The summed E-state index contributed by atoms with van der Waals surface area (Å²) in [6.45, 7) is 12.2. The van der Waals surface area contributed by atoms with Gasteiger partial charge in [0.25, 0.3) is 5.19 Å². The highest BCUT2D eigenvalue weighted by molar-refractivity contribution is 7.11. The summed E-state index contributed by atoms with van der Waals surface area (Å²) in [6, 6.07) is 0. The third-order valence-electron chi connectivity index (χ3n) is 6.25. The predicted octanol–water partition coefficient (Wildman–Crippen LogP) is 5.96. The van der Waals surface area contributed by atoms with Crippen molar-refractivity contribution in [1.82, 2.24) is 4.98 Å². The van der Waals surface area contributed by atoms with Crippen molar-refractivity contribution in [1.29, 1.82) is 0 Å². The van der Waals surface area contributed by atoms with Crippen LogP contribution in [-0.4, -0.2) is 11.1 Å². The monoisotopic (exact) mass is 333 g/mol. The molecule has 2 aliphatic rings. The Balaban J connectivity index is 1.80. The first-order chi connectivity index (χ1) is 10.9. The van der Waals surface area contributed by atoms with E-state index in [1.54, 1.807) is 16.9 Å². The van der Waals surface area contributed by atoms with Crippen molar-refractivity contribution in [2.45, 2.75) is 66.4 Å². The topological polar surface area (TPSA) is 22.1 Å². The molecule has 4 atom stereocenters. The van der Waals surface area contributed by atoms with Gasteiger partial charge in [-0.05, 0) is 48.3 Å². The minimum absolute atomic E-state index is 0.309. The first-order valence-electron chi connectivity index (χ1n) is 9.17. The Labute approximate surface area is 145 Å². The maximum atomic E-state index is 6.13. The smallest absolute Gasteiger partial charge is 0.273 e. The van der Waals surface area contributed by atoms with Crippen LogP contribution < -0.4 is 4.74 Å². The SMILES string of the molecule is CC(C)C1CC=C2C[C@@H](Oc3nccs3)CC[C@]2(C)C1C(C)C. The van der Waals surface area contributed by atoms with Crippen molar-refractivity contribution in [2.24, 2.45) is 29.1 Å². The Kier molecular flexibility index (Phi) is 4.87. The third-order valence-corrected chi connectivity index (χ3v) is 6.91. The van der Waals surface area contributed by atoms with E-state index in [0.29, 0.717) is 11.5 Å². The van der Waals surface area contributed by atoms with Crippen molar-refractivity contribution in [3.8, 4) is 5.19 Å². The second kappa shape index (κ2) is 6.58. The predicted molar refractivity (Wildman–Crippen MR) is 97.8 cm³/mol. The molecule has 1 saturated carbocycles. The van der Waals surface area contributed by atoms with Crippen LogP contribution in [0.25, 0.3) is 0 Å². The fraction of sp³-hybridized carbons (Fsp3) is 0.750. The van der Waals surface area contributed by atoms with Gasteiger partial charge >= 0.3 is 0 Å². The Hall–Kier alpha value is -0.830. The van der Waals surface area contributed by atoms with Gasteiger partial charge in [-0.25, -0.2) is 4.98 Å². The highest BCUT2D eigenvalue weighted by atomic mass is 32.1. The number of rotatable bonds is 4. The first kappa shape index (κ1) is 17.0. The number of allylic oxidation sites excluding steroid dienone is 1. The van der Waals surface area contributed by atoms with Gasteiger partial charge in [0.05, 0.1) is 0 Å². The van der Waals surface area contributed by atoms with Gasteiger partial charge in [0.2, 0.25) is 0 Å². The average Bonchev–Trinajstić information content (AvgIpc) is 2.98. The molecule has 1 aromatic heterocycles.